The molecule has 0 saturated heterocycles. The van der Waals surface area contributed by atoms with Crippen LogP contribution in [0.15, 0.2) is 28.7 Å². The summed E-state index contributed by atoms with van der Waals surface area (Å²) in [5.74, 6) is 0.779. The first kappa shape index (κ1) is 21.5. The Labute approximate surface area is 169 Å². The van der Waals surface area contributed by atoms with Gasteiger partial charge in [0.2, 0.25) is 0 Å². The van der Waals surface area contributed by atoms with Gasteiger partial charge in [0.05, 0.1) is 16.8 Å². The van der Waals surface area contributed by atoms with Crippen molar-refractivity contribution >= 4 is 38.9 Å². The fraction of sp³-hybridized carbons (Fsp3) is 0.412. The van der Waals surface area contributed by atoms with E-state index in [0.29, 0.717) is 36.9 Å². The predicted octanol–water partition coefficient (Wildman–Crippen LogP) is 4.75. The standard InChI is InChI=1S/C17H20BrF3N4OS/c1-3-26-13-7-5-12(6-8-13)23-16(27)22-9-4-10-25-11(2)14(18)15(24-25)17(19,20)21/h5-8H,3-4,9-10H2,1-2H3,(H2,22,23,27). The molecule has 0 fully saturated rings. The molecule has 1 aromatic heterocycles. The van der Waals surface area contributed by atoms with Crippen LogP contribution in [0.4, 0.5) is 18.9 Å². The number of ether oxygens (including phenoxy) is 1. The molecule has 0 radical (unpaired) electrons. The summed E-state index contributed by atoms with van der Waals surface area (Å²) in [7, 11) is 0. The molecule has 0 saturated carbocycles. The van der Waals surface area contributed by atoms with Crippen LogP contribution in [0.2, 0.25) is 0 Å². The third kappa shape index (κ3) is 6.10. The van der Waals surface area contributed by atoms with Gasteiger partial charge in [-0.15, -0.1) is 0 Å². The highest BCUT2D eigenvalue weighted by Gasteiger charge is 2.37. The molecule has 0 atom stereocenters. The molecule has 2 N–H and O–H groups in total. The average Bonchev–Trinajstić information content (AvgIpc) is 2.89. The number of alkyl halides is 3. The zero-order chi connectivity index (χ0) is 20.0. The van der Waals surface area contributed by atoms with Crippen LogP contribution in [0.25, 0.3) is 0 Å². The number of benzene rings is 1. The monoisotopic (exact) mass is 464 g/mol. The quantitative estimate of drug-likeness (QED) is 0.457. The van der Waals surface area contributed by atoms with Crippen LogP contribution in [0.3, 0.4) is 0 Å². The Morgan fingerprint density at radius 1 is 1.30 bits per heavy atom. The van der Waals surface area contributed by atoms with Gasteiger partial charge in [-0.1, -0.05) is 0 Å². The van der Waals surface area contributed by atoms with Crippen molar-refractivity contribution < 1.29 is 17.9 Å². The molecule has 148 valence electrons. The summed E-state index contributed by atoms with van der Waals surface area (Å²) in [6.07, 6.45) is -3.91. The lowest BCUT2D eigenvalue weighted by Gasteiger charge is -2.11. The average molecular weight is 465 g/mol. The normalized spacial score (nSPS) is 11.3. The maximum Gasteiger partial charge on any atom is 0.436 e. The molecule has 0 aliphatic heterocycles. The van der Waals surface area contributed by atoms with E-state index in [9.17, 15) is 13.2 Å². The Morgan fingerprint density at radius 3 is 2.52 bits per heavy atom. The van der Waals surface area contributed by atoms with Crippen molar-refractivity contribution in [1.29, 1.82) is 0 Å². The van der Waals surface area contributed by atoms with Gasteiger partial charge in [-0.05, 0) is 72.7 Å². The molecule has 0 bridgehead atoms. The Kier molecular flexibility index (Phi) is 7.49. The van der Waals surface area contributed by atoms with Crippen molar-refractivity contribution in [3.05, 3.63) is 40.1 Å². The smallest absolute Gasteiger partial charge is 0.436 e. The maximum absolute atomic E-state index is 12.9. The van der Waals surface area contributed by atoms with Crippen molar-refractivity contribution in [1.82, 2.24) is 15.1 Å². The minimum atomic E-state index is -4.48. The highest BCUT2D eigenvalue weighted by molar-refractivity contribution is 9.10. The van der Waals surface area contributed by atoms with Gasteiger partial charge >= 0.3 is 6.18 Å². The molecule has 2 aromatic rings. The van der Waals surface area contributed by atoms with Gasteiger partial charge in [0.25, 0.3) is 0 Å². The van der Waals surface area contributed by atoms with E-state index in [1.54, 1.807) is 6.92 Å². The molecule has 1 heterocycles. The Balaban J connectivity index is 1.79. The molecule has 0 aliphatic carbocycles. The number of aryl methyl sites for hydroxylation is 1. The van der Waals surface area contributed by atoms with E-state index in [1.165, 1.54) is 4.68 Å². The molecule has 1 aromatic carbocycles. The zero-order valence-electron chi connectivity index (χ0n) is 14.9. The summed E-state index contributed by atoms with van der Waals surface area (Å²) in [5, 5.41) is 10.2. The molecule has 0 amide bonds. The van der Waals surface area contributed by atoms with Crippen LogP contribution >= 0.6 is 28.1 Å². The topological polar surface area (TPSA) is 51.1 Å². The summed E-state index contributed by atoms with van der Waals surface area (Å²) in [5.41, 5.74) is 0.357. The minimum Gasteiger partial charge on any atom is -0.494 e. The van der Waals surface area contributed by atoms with E-state index >= 15 is 0 Å². The molecule has 27 heavy (non-hydrogen) atoms. The molecule has 10 heteroatoms. The Bertz CT molecular complexity index is 778. The number of hydrogen-bond donors (Lipinski definition) is 2. The van der Waals surface area contributed by atoms with Crippen molar-refractivity contribution in [3.63, 3.8) is 0 Å². The van der Waals surface area contributed by atoms with Gasteiger partial charge < -0.3 is 15.4 Å². The zero-order valence-corrected chi connectivity index (χ0v) is 17.3. The van der Waals surface area contributed by atoms with E-state index < -0.39 is 11.9 Å². The van der Waals surface area contributed by atoms with Gasteiger partial charge in [-0.25, -0.2) is 0 Å². The fourth-order valence-corrected chi connectivity index (χ4v) is 3.06. The molecule has 5 nitrogen and oxygen atoms in total. The fourth-order valence-electron chi connectivity index (χ4n) is 2.33. The second kappa shape index (κ2) is 9.41. The Hall–Kier alpha value is -1.81. The van der Waals surface area contributed by atoms with Gasteiger partial charge in [-0.2, -0.15) is 18.3 Å². The van der Waals surface area contributed by atoms with Crippen LogP contribution in [0, 0.1) is 6.92 Å². The Morgan fingerprint density at radius 2 is 1.96 bits per heavy atom. The van der Waals surface area contributed by atoms with Gasteiger partial charge in [0, 0.05) is 18.8 Å². The molecule has 0 aliphatic rings. The number of aromatic nitrogens is 2. The summed E-state index contributed by atoms with van der Waals surface area (Å²) < 4.78 is 45.3. The first-order chi connectivity index (χ1) is 12.7. The summed E-state index contributed by atoms with van der Waals surface area (Å²) >= 11 is 8.18. The SMILES string of the molecule is CCOc1ccc(NC(=S)NCCCn2nc(C(F)(F)F)c(Br)c2C)cc1. The van der Waals surface area contributed by atoms with Crippen LogP contribution in [0.5, 0.6) is 5.75 Å². The van der Waals surface area contributed by atoms with Crippen molar-refractivity contribution in [3.8, 4) is 5.75 Å². The van der Waals surface area contributed by atoms with Gasteiger partial charge in [0.1, 0.15) is 5.75 Å². The van der Waals surface area contributed by atoms with Crippen molar-refractivity contribution in [2.75, 3.05) is 18.5 Å². The highest BCUT2D eigenvalue weighted by Crippen LogP contribution is 2.35. The number of nitrogens with zero attached hydrogens (tertiary/aromatic N) is 2. The van der Waals surface area contributed by atoms with E-state index in [-0.39, 0.29) is 4.47 Å². The van der Waals surface area contributed by atoms with Crippen LogP contribution in [0.1, 0.15) is 24.7 Å². The van der Waals surface area contributed by atoms with Crippen molar-refractivity contribution in [2.24, 2.45) is 0 Å². The lowest BCUT2D eigenvalue weighted by Crippen LogP contribution is -2.29. The first-order valence-electron chi connectivity index (χ1n) is 8.30. The van der Waals surface area contributed by atoms with E-state index in [4.69, 9.17) is 17.0 Å². The van der Waals surface area contributed by atoms with E-state index in [0.717, 1.165) is 11.4 Å². The summed E-state index contributed by atoms with van der Waals surface area (Å²) in [6, 6.07) is 7.38. The highest BCUT2D eigenvalue weighted by atomic mass is 79.9. The molecule has 0 spiro atoms. The van der Waals surface area contributed by atoms with Gasteiger partial charge in [-0.3, -0.25) is 4.68 Å². The molecule has 0 unspecified atom stereocenters. The number of thiocarbonyl (C=S) groups is 1. The second-order valence-electron chi connectivity index (χ2n) is 5.66. The second-order valence-corrected chi connectivity index (χ2v) is 6.86. The first-order valence-corrected chi connectivity index (χ1v) is 9.50. The van der Waals surface area contributed by atoms with Crippen molar-refractivity contribution in [2.45, 2.75) is 33.0 Å². The summed E-state index contributed by atoms with van der Waals surface area (Å²) in [4.78, 5) is 0. The third-order valence-electron chi connectivity index (χ3n) is 3.66. The van der Waals surface area contributed by atoms with Crippen LogP contribution < -0.4 is 15.4 Å². The van der Waals surface area contributed by atoms with Crippen LogP contribution in [-0.4, -0.2) is 28.0 Å². The molecular formula is C17H20BrF3N4OS. The number of anilines is 1. The van der Waals surface area contributed by atoms with Gasteiger partial charge in [0.15, 0.2) is 10.8 Å². The third-order valence-corrected chi connectivity index (χ3v) is 4.85. The lowest BCUT2D eigenvalue weighted by molar-refractivity contribution is -0.142. The lowest BCUT2D eigenvalue weighted by atomic mass is 10.3. The minimum absolute atomic E-state index is 0.0179. The number of nitrogens with one attached hydrogen (secondary N) is 2. The predicted molar refractivity (Wildman–Crippen MR) is 106 cm³/mol. The maximum atomic E-state index is 12.9. The number of rotatable bonds is 7. The largest absolute Gasteiger partial charge is 0.494 e. The number of hydrogen-bond acceptors (Lipinski definition) is 3. The number of halogens is 4. The van der Waals surface area contributed by atoms with E-state index in [1.807, 2.05) is 31.2 Å². The summed E-state index contributed by atoms with van der Waals surface area (Å²) in [6.45, 7) is 4.96. The molecule has 2 rings (SSSR count). The van der Waals surface area contributed by atoms with E-state index in [2.05, 4.69) is 31.7 Å². The molecular weight excluding hydrogens is 445 g/mol. The van der Waals surface area contributed by atoms with Crippen LogP contribution in [-0.2, 0) is 12.7 Å².